The molecule has 2 fully saturated rings. The topological polar surface area (TPSA) is 60.9 Å². The van der Waals surface area contributed by atoms with Gasteiger partial charge in [-0.15, -0.1) is 0 Å². The SMILES string of the molecule is Cc1cccc(-c2ccc([C@H]3[C@@H](CO)N4CCCCN(S(=O)(=O)c5ccccc5C)C[C@H]34)cc2)c1. The molecular weight excluding hydrogens is 456 g/mol. The number of nitrogens with zero attached hydrogens (tertiary/aromatic N) is 2. The van der Waals surface area contributed by atoms with Crippen molar-refractivity contribution in [1.82, 2.24) is 9.21 Å². The van der Waals surface area contributed by atoms with E-state index in [-0.39, 0.29) is 24.6 Å². The van der Waals surface area contributed by atoms with Gasteiger partial charge in [0.2, 0.25) is 10.0 Å². The molecule has 6 heteroatoms. The van der Waals surface area contributed by atoms with Gasteiger partial charge in [0.1, 0.15) is 0 Å². The molecule has 0 unspecified atom stereocenters. The minimum absolute atomic E-state index is 0.0194. The second-order valence-electron chi connectivity index (χ2n) is 9.91. The highest BCUT2D eigenvalue weighted by molar-refractivity contribution is 7.89. The molecule has 5 rings (SSSR count). The molecule has 0 radical (unpaired) electrons. The van der Waals surface area contributed by atoms with Crippen molar-refractivity contribution in [3.05, 3.63) is 89.5 Å². The Kier molecular flexibility index (Phi) is 6.82. The van der Waals surface area contributed by atoms with Gasteiger partial charge in [-0.1, -0.05) is 72.3 Å². The summed E-state index contributed by atoms with van der Waals surface area (Å²) in [5, 5.41) is 10.2. The Morgan fingerprint density at radius 3 is 2.34 bits per heavy atom. The minimum atomic E-state index is -3.59. The van der Waals surface area contributed by atoms with Crippen LogP contribution in [0.5, 0.6) is 0 Å². The molecule has 2 aliphatic rings. The molecule has 0 amide bonds. The van der Waals surface area contributed by atoms with E-state index >= 15 is 0 Å². The fraction of sp³-hybridized carbons (Fsp3) is 0.379. The summed E-state index contributed by atoms with van der Waals surface area (Å²) in [5.74, 6) is 0.0965. The third kappa shape index (κ3) is 4.56. The summed E-state index contributed by atoms with van der Waals surface area (Å²) < 4.78 is 28.9. The average Bonchev–Trinajstić information content (AvgIpc) is 2.83. The highest BCUT2D eigenvalue weighted by atomic mass is 32.2. The van der Waals surface area contributed by atoms with E-state index in [9.17, 15) is 13.5 Å². The quantitative estimate of drug-likeness (QED) is 0.569. The Bertz CT molecular complexity index is 1290. The first-order valence-electron chi connectivity index (χ1n) is 12.5. The van der Waals surface area contributed by atoms with Crippen molar-refractivity contribution in [1.29, 1.82) is 0 Å². The molecule has 5 nitrogen and oxygen atoms in total. The normalized spacial score (nSPS) is 23.7. The van der Waals surface area contributed by atoms with E-state index < -0.39 is 10.0 Å². The number of sulfonamides is 1. The van der Waals surface area contributed by atoms with Gasteiger partial charge in [-0.2, -0.15) is 4.31 Å². The molecular formula is C29H34N2O3S. The number of rotatable bonds is 5. The second-order valence-corrected chi connectivity index (χ2v) is 11.8. The Hall–Kier alpha value is -2.51. The monoisotopic (exact) mass is 490 g/mol. The van der Waals surface area contributed by atoms with E-state index in [0.29, 0.717) is 18.0 Å². The molecule has 35 heavy (non-hydrogen) atoms. The number of aryl methyl sites for hydroxylation is 2. The Labute approximate surface area is 209 Å². The van der Waals surface area contributed by atoms with Crippen LogP contribution in [-0.4, -0.2) is 61.1 Å². The molecule has 184 valence electrons. The third-order valence-corrected chi connectivity index (χ3v) is 9.72. The highest BCUT2D eigenvalue weighted by Crippen LogP contribution is 2.43. The number of fused-ring (bicyclic) bond motifs is 1. The lowest BCUT2D eigenvalue weighted by molar-refractivity contribution is -0.0553. The predicted molar refractivity (Wildman–Crippen MR) is 140 cm³/mol. The molecule has 2 heterocycles. The fourth-order valence-corrected chi connectivity index (χ4v) is 7.56. The summed E-state index contributed by atoms with van der Waals surface area (Å²) in [5.41, 5.74) is 5.51. The van der Waals surface area contributed by atoms with Crippen molar-refractivity contribution in [2.45, 2.75) is 49.6 Å². The van der Waals surface area contributed by atoms with Crippen molar-refractivity contribution in [3.8, 4) is 11.1 Å². The van der Waals surface area contributed by atoms with Crippen LogP contribution in [0.3, 0.4) is 0 Å². The molecule has 1 N–H and O–H groups in total. The van der Waals surface area contributed by atoms with Crippen molar-refractivity contribution in [2.75, 3.05) is 26.2 Å². The van der Waals surface area contributed by atoms with Crippen LogP contribution in [0.4, 0.5) is 0 Å². The number of aliphatic hydroxyl groups excluding tert-OH is 1. The van der Waals surface area contributed by atoms with Crippen LogP contribution in [0.1, 0.15) is 35.4 Å². The first-order valence-corrected chi connectivity index (χ1v) is 13.9. The number of hydrogen-bond donors (Lipinski definition) is 1. The van der Waals surface area contributed by atoms with Crippen LogP contribution >= 0.6 is 0 Å². The van der Waals surface area contributed by atoms with Crippen molar-refractivity contribution in [2.24, 2.45) is 0 Å². The molecule has 0 aliphatic carbocycles. The zero-order valence-corrected chi connectivity index (χ0v) is 21.3. The molecule has 0 bridgehead atoms. The van der Waals surface area contributed by atoms with Gasteiger partial charge in [0.25, 0.3) is 0 Å². The maximum absolute atomic E-state index is 13.6. The van der Waals surface area contributed by atoms with Crippen LogP contribution in [0.15, 0.2) is 77.7 Å². The lowest BCUT2D eigenvalue weighted by atomic mass is 9.74. The van der Waals surface area contributed by atoms with Gasteiger partial charge in [-0.3, -0.25) is 4.90 Å². The lowest BCUT2D eigenvalue weighted by Gasteiger charge is -2.57. The molecule has 3 aromatic rings. The molecule has 0 saturated carbocycles. The molecule has 3 aromatic carbocycles. The second kappa shape index (κ2) is 9.86. The van der Waals surface area contributed by atoms with Crippen LogP contribution in [0, 0.1) is 13.8 Å². The van der Waals surface area contributed by atoms with E-state index in [1.807, 2.05) is 19.1 Å². The zero-order valence-electron chi connectivity index (χ0n) is 20.5. The van der Waals surface area contributed by atoms with E-state index in [1.54, 1.807) is 16.4 Å². The van der Waals surface area contributed by atoms with E-state index in [1.165, 1.54) is 11.1 Å². The maximum atomic E-state index is 13.6. The van der Waals surface area contributed by atoms with Gasteiger partial charge in [0.15, 0.2) is 0 Å². The van der Waals surface area contributed by atoms with Gasteiger partial charge in [0.05, 0.1) is 11.5 Å². The number of benzene rings is 3. The number of aliphatic hydroxyl groups is 1. The summed E-state index contributed by atoms with van der Waals surface area (Å²) in [4.78, 5) is 2.71. The van der Waals surface area contributed by atoms with Gasteiger partial charge in [0, 0.05) is 31.1 Å². The molecule has 3 atom stereocenters. The molecule has 2 saturated heterocycles. The van der Waals surface area contributed by atoms with Gasteiger partial charge >= 0.3 is 0 Å². The third-order valence-electron chi connectivity index (χ3n) is 7.69. The van der Waals surface area contributed by atoms with Crippen molar-refractivity contribution >= 4 is 10.0 Å². The summed E-state index contributed by atoms with van der Waals surface area (Å²) in [6, 6.07) is 24.4. The fourth-order valence-electron chi connectivity index (χ4n) is 5.83. The largest absolute Gasteiger partial charge is 0.395 e. The summed E-state index contributed by atoms with van der Waals surface area (Å²) in [7, 11) is -3.59. The van der Waals surface area contributed by atoms with Gasteiger partial charge in [-0.05, 0) is 61.6 Å². The highest BCUT2D eigenvalue weighted by Gasteiger charge is 2.50. The minimum Gasteiger partial charge on any atom is -0.395 e. The molecule has 2 aliphatic heterocycles. The van der Waals surface area contributed by atoms with Crippen LogP contribution in [-0.2, 0) is 10.0 Å². The van der Waals surface area contributed by atoms with E-state index in [2.05, 4.69) is 60.4 Å². The standard InChI is InChI=1S/C29H34N2O3S/c1-21-8-7-10-25(18-21)23-12-14-24(15-13-23)29-26-19-30(16-5-6-17-31(26)27(29)20-32)35(33,34)28-11-4-3-9-22(28)2/h3-4,7-15,18,26-27,29,32H,5-6,16-17,19-20H2,1-2H3/t26-,27-,29-/m1/s1. The van der Waals surface area contributed by atoms with E-state index in [0.717, 1.165) is 36.1 Å². The first kappa shape index (κ1) is 24.2. The zero-order chi connectivity index (χ0) is 24.6. The Morgan fingerprint density at radius 1 is 0.886 bits per heavy atom. The first-order chi connectivity index (χ1) is 16.9. The Balaban J connectivity index is 1.43. The summed E-state index contributed by atoms with van der Waals surface area (Å²) in [6.07, 6.45) is 1.74. The number of hydrogen-bond acceptors (Lipinski definition) is 4. The van der Waals surface area contributed by atoms with Crippen molar-refractivity contribution in [3.63, 3.8) is 0 Å². The van der Waals surface area contributed by atoms with Crippen LogP contribution in [0.25, 0.3) is 11.1 Å². The summed E-state index contributed by atoms with van der Waals surface area (Å²) >= 11 is 0. The lowest BCUT2D eigenvalue weighted by Crippen LogP contribution is -2.67. The van der Waals surface area contributed by atoms with Crippen LogP contribution < -0.4 is 0 Å². The smallest absolute Gasteiger partial charge is 0.243 e. The van der Waals surface area contributed by atoms with Gasteiger partial charge in [-0.25, -0.2) is 8.42 Å². The maximum Gasteiger partial charge on any atom is 0.243 e. The molecule has 0 spiro atoms. The van der Waals surface area contributed by atoms with Gasteiger partial charge < -0.3 is 5.11 Å². The van der Waals surface area contributed by atoms with Crippen LogP contribution in [0.2, 0.25) is 0 Å². The Morgan fingerprint density at radius 2 is 1.63 bits per heavy atom. The average molecular weight is 491 g/mol. The predicted octanol–water partition coefficient (Wildman–Crippen LogP) is 4.58. The van der Waals surface area contributed by atoms with E-state index in [4.69, 9.17) is 0 Å². The van der Waals surface area contributed by atoms with Crippen molar-refractivity contribution < 1.29 is 13.5 Å². The molecule has 0 aromatic heterocycles. The summed E-state index contributed by atoms with van der Waals surface area (Å²) in [6.45, 7) is 5.89.